The lowest BCUT2D eigenvalue weighted by Gasteiger charge is -2.13. The predicted octanol–water partition coefficient (Wildman–Crippen LogP) is 2.74. The molecule has 108 valence electrons. The number of nitrogens with one attached hydrogen (secondary N) is 1. The van der Waals surface area contributed by atoms with Gasteiger partial charge in [0.15, 0.2) is 0 Å². The Morgan fingerprint density at radius 3 is 2.63 bits per heavy atom. The number of rotatable bonds is 7. The summed E-state index contributed by atoms with van der Waals surface area (Å²) < 4.78 is 27.1. The Kier molecular flexibility index (Phi) is 5.97. The molecule has 1 aromatic rings. The summed E-state index contributed by atoms with van der Waals surface area (Å²) in [6, 6.07) is 0.611. The first-order valence-electron chi connectivity index (χ1n) is 5.79. The van der Waals surface area contributed by atoms with Crippen LogP contribution in [0.15, 0.2) is 14.7 Å². The van der Waals surface area contributed by atoms with Crippen molar-refractivity contribution >= 4 is 43.3 Å². The van der Waals surface area contributed by atoms with Gasteiger partial charge in [-0.15, -0.1) is 11.3 Å². The van der Waals surface area contributed by atoms with Crippen molar-refractivity contribution in [3.63, 3.8) is 0 Å². The van der Waals surface area contributed by atoms with Gasteiger partial charge >= 0.3 is 5.97 Å². The van der Waals surface area contributed by atoms with Gasteiger partial charge in [0.1, 0.15) is 10.3 Å². The molecule has 0 saturated carbocycles. The molecule has 0 fully saturated rings. The molecule has 0 bridgehead atoms. The smallest absolute Gasteiger partial charge is 0.321 e. The molecule has 8 heteroatoms. The van der Waals surface area contributed by atoms with Crippen molar-refractivity contribution in [3.05, 3.63) is 15.4 Å². The number of sulfonamides is 1. The summed E-state index contributed by atoms with van der Waals surface area (Å²) in [5, 5.41) is 9.05. The summed E-state index contributed by atoms with van der Waals surface area (Å²) in [6.07, 6.45) is 1.75. The molecule has 1 aromatic heterocycles. The quantitative estimate of drug-likeness (QED) is 0.773. The molecule has 0 aliphatic rings. The highest BCUT2D eigenvalue weighted by molar-refractivity contribution is 9.10. The van der Waals surface area contributed by atoms with E-state index in [0.29, 0.717) is 10.9 Å². The van der Waals surface area contributed by atoms with E-state index < -0.39 is 22.0 Å². The minimum Gasteiger partial charge on any atom is -0.480 e. The molecule has 0 spiro atoms. The second-order valence-electron chi connectivity index (χ2n) is 4.15. The van der Waals surface area contributed by atoms with Crippen LogP contribution in [0.5, 0.6) is 0 Å². The lowest BCUT2D eigenvalue weighted by molar-refractivity contribution is -0.139. The molecule has 0 unspecified atom stereocenters. The van der Waals surface area contributed by atoms with Crippen LogP contribution in [0.1, 0.15) is 31.1 Å². The van der Waals surface area contributed by atoms with Crippen molar-refractivity contribution in [2.24, 2.45) is 0 Å². The van der Waals surface area contributed by atoms with E-state index in [1.165, 1.54) is 0 Å². The lowest BCUT2D eigenvalue weighted by Crippen LogP contribution is -2.40. The van der Waals surface area contributed by atoms with Gasteiger partial charge in [-0.2, -0.15) is 4.72 Å². The number of aliphatic carboxylic acids is 1. The molecule has 1 atom stereocenters. The molecule has 1 rings (SSSR count). The molecular weight excluding hydrogens is 354 g/mol. The third-order valence-corrected chi connectivity index (χ3v) is 6.67. The Hall–Kier alpha value is -0.440. The number of carboxylic acids is 1. The Morgan fingerprint density at radius 2 is 2.21 bits per heavy atom. The van der Waals surface area contributed by atoms with E-state index in [0.717, 1.165) is 22.6 Å². The van der Waals surface area contributed by atoms with Crippen LogP contribution in [0, 0.1) is 6.92 Å². The maximum atomic E-state index is 12.2. The highest BCUT2D eigenvalue weighted by atomic mass is 79.9. The van der Waals surface area contributed by atoms with Gasteiger partial charge in [-0.05, 0) is 35.3 Å². The van der Waals surface area contributed by atoms with E-state index in [1.807, 2.05) is 6.92 Å². The standard InChI is InChI=1S/C11H16BrNO4S2/c1-3-4-5-9(10(14)15)13-19(16,17)11-8(12)6-7(2)18-11/h6,9,13H,3-5H2,1-2H3,(H,14,15)/t9-/m0/s1. The molecule has 2 N–H and O–H groups in total. The summed E-state index contributed by atoms with van der Waals surface area (Å²) in [4.78, 5) is 11.9. The van der Waals surface area contributed by atoms with Crippen LogP contribution < -0.4 is 4.72 Å². The second kappa shape index (κ2) is 6.83. The second-order valence-corrected chi connectivity index (χ2v) is 8.17. The van der Waals surface area contributed by atoms with E-state index in [1.54, 1.807) is 13.0 Å². The fourth-order valence-corrected chi connectivity index (χ4v) is 5.52. The fourth-order valence-electron chi connectivity index (χ4n) is 1.53. The number of carbonyl (C=O) groups is 1. The topological polar surface area (TPSA) is 83.5 Å². The van der Waals surface area contributed by atoms with E-state index in [4.69, 9.17) is 5.11 Å². The number of thiophene rings is 1. The zero-order valence-corrected chi connectivity index (χ0v) is 13.9. The number of hydrogen-bond acceptors (Lipinski definition) is 4. The predicted molar refractivity (Wildman–Crippen MR) is 78.0 cm³/mol. The van der Waals surface area contributed by atoms with Crippen LogP contribution in [0.25, 0.3) is 0 Å². The number of halogens is 1. The summed E-state index contributed by atoms with van der Waals surface area (Å²) in [7, 11) is -3.80. The Balaban J connectivity index is 2.94. The van der Waals surface area contributed by atoms with Crippen molar-refractivity contribution in [1.82, 2.24) is 4.72 Å². The third-order valence-electron chi connectivity index (χ3n) is 2.46. The highest BCUT2D eigenvalue weighted by Crippen LogP contribution is 2.31. The normalized spacial score (nSPS) is 13.4. The fraction of sp³-hybridized carbons (Fsp3) is 0.545. The van der Waals surface area contributed by atoms with E-state index in [2.05, 4.69) is 20.7 Å². The minimum absolute atomic E-state index is 0.118. The van der Waals surface area contributed by atoms with E-state index in [9.17, 15) is 13.2 Å². The number of unbranched alkanes of at least 4 members (excludes halogenated alkanes) is 1. The highest BCUT2D eigenvalue weighted by Gasteiger charge is 2.27. The van der Waals surface area contributed by atoms with E-state index >= 15 is 0 Å². The largest absolute Gasteiger partial charge is 0.480 e. The molecule has 5 nitrogen and oxygen atoms in total. The SMILES string of the molecule is CCCC[C@H](NS(=O)(=O)c1sc(C)cc1Br)C(=O)O. The summed E-state index contributed by atoms with van der Waals surface area (Å²) in [5.74, 6) is -1.15. The number of aryl methyl sites for hydroxylation is 1. The van der Waals surface area contributed by atoms with Crippen LogP contribution >= 0.6 is 27.3 Å². The third kappa shape index (κ3) is 4.55. The summed E-state index contributed by atoms with van der Waals surface area (Å²) in [6.45, 7) is 3.72. The average Bonchev–Trinajstić information content (AvgIpc) is 2.64. The zero-order chi connectivity index (χ0) is 14.6. The van der Waals surface area contributed by atoms with Gasteiger partial charge in [-0.25, -0.2) is 8.42 Å². The van der Waals surface area contributed by atoms with Gasteiger partial charge in [0.2, 0.25) is 0 Å². The number of hydrogen-bond donors (Lipinski definition) is 2. The minimum atomic E-state index is -3.80. The summed E-state index contributed by atoms with van der Waals surface area (Å²) in [5.41, 5.74) is 0. The van der Waals surface area contributed by atoms with Crippen molar-refractivity contribution < 1.29 is 18.3 Å². The molecule has 0 aliphatic heterocycles. The maximum absolute atomic E-state index is 12.2. The molecule has 19 heavy (non-hydrogen) atoms. The summed E-state index contributed by atoms with van der Waals surface area (Å²) >= 11 is 4.28. The van der Waals surface area contributed by atoms with E-state index in [-0.39, 0.29) is 10.6 Å². The maximum Gasteiger partial charge on any atom is 0.321 e. The molecular formula is C11H16BrNO4S2. The first kappa shape index (κ1) is 16.6. The van der Waals surface area contributed by atoms with Gasteiger partial charge in [-0.3, -0.25) is 4.79 Å². The van der Waals surface area contributed by atoms with Gasteiger partial charge < -0.3 is 5.11 Å². The van der Waals surface area contributed by atoms with Gasteiger partial charge in [-0.1, -0.05) is 19.8 Å². The monoisotopic (exact) mass is 369 g/mol. The molecule has 0 aromatic carbocycles. The van der Waals surface area contributed by atoms with Crippen molar-refractivity contribution in [2.45, 2.75) is 43.4 Å². The molecule has 0 aliphatic carbocycles. The Labute approximate surface area is 125 Å². The molecule has 0 saturated heterocycles. The van der Waals surface area contributed by atoms with Crippen LogP contribution in [-0.2, 0) is 14.8 Å². The zero-order valence-electron chi connectivity index (χ0n) is 10.6. The Bertz CT molecular complexity index is 553. The van der Waals surface area contributed by atoms with Crippen molar-refractivity contribution in [1.29, 1.82) is 0 Å². The van der Waals surface area contributed by atoms with Gasteiger partial charge in [0, 0.05) is 9.35 Å². The molecule has 0 radical (unpaired) electrons. The first-order chi connectivity index (χ1) is 8.77. The Morgan fingerprint density at radius 1 is 1.58 bits per heavy atom. The average molecular weight is 370 g/mol. The van der Waals surface area contributed by atoms with Crippen LogP contribution in [-0.4, -0.2) is 25.5 Å². The lowest BCUT2D eigenvalue weighted by atomic mass is 10.1. The molecule has 0 amide bonds. The molecule has 1 heterocycles. The van der Waals surface area contributed by atoms with Crippen molar-refractivity contribution in [3.8, 4) is 0 Å². The van der Waals surface area contributed by atoms with Gasteiger partial charge in [0.05, 0.1) is 0 Å². The number of carboxylic acid groups (broad SMARTS) is 1. The van der Waals surface area contributed by atoms with Crippen LogP contribution in [0.3, 0.4) is 0 Å². The van der Waals surface area contributed by atoms with Crippen LogP contribution in [0.4, 0.5) is 0 Å². The van der Waals surface area contributed by atoms with Crippen LogP contribution in [0.2, 0.25) is 0 Å². The first-order valence-corrected chi connectivity index (χ1v) is 8.88. The van der Waals surface area contributed by atoms with Gasteiger partial charge in [0.25, 0.3) is 10.0 Å². The van der Waals surface area contributed by atoms with Crippen molar-refractivity contribution in [2.75, 3.05) is 0 Å².